The molecule has 35 heavy (non-hydrogen) atoms. The Kier molecular flexibility index (Phi) is 4.69. The van der Waals surface area contributed by atoms with E-state index in [4.69, 9.17) is 29.3 Å². The fraction of sp³-hybridized carbons (Fsp3) is 0.143. The molecule has 2 aliphatic heterocycles. The summed E-state index contributed by atoms with van der Waals surface area (Å²) in [5.41, 5.74) is 10.4. The summed E-state index contributed by atoms with van der Waals surface area (Å²) in [6.07, 6.45) is 0. The molecule has 2 aromatic carbocycles. The van der Waals surface area contributed by atoms with Crippen molar-refractivity contribution in [2.24, 2.45) is 5.10 Å². The van der Waals surface area contributed by atoms with Crippen LogP contribution in [0.15, 0.2) is 46.1 Å². The number of carbonyl (C=O) groups is 1. The van der Waals surface area contributed by atoms with E-state index in [1.54, 1.807) is 37.3 Å². The molecule has 0 bridgehead atoms. The van der Waals surface area contributed by atoms with E-state index in [-0.39, 0.29) is 36.6 Å². The van der Waals surface area contributed by atoms with E-state index in [1.165, 1.54) is 4.68 Å². The first-order valence-corrected chi connectivity index (χ1v) is 10.3. The van der Waals surface area contributed by atoms with Crippen LogP contribution in [0.3, 0.4) is 0 Å². The van der Waals surface area contributed by atoms with E-state index < -0.39 is 5.91 Å². The monoisotopic (exact) mass is 476 g/mol. The first kappa shape index (κ1) is 20.5. The molecule has 0 radical (unpaired) electrons. The minimum absolute atomic E-state index is 0.0273. The van der Waals surface area contributed by atoms with Gasteiger partial charge in [-0.3, -0.25) is 4.79 Å². The summed E-state index contributed by atoms with van der Waals surface area (Å²) in [6.45, 7) is 2.00. The maximum atomic E-state index is 13.1. The van der Waals surface area contributed by atoms with E-state index >= 15 is 0 Å². The van der Waals surface area contributed by atoms with Crippen LogP contribution in [-0.4, -0.2) is 50.5 Å². The second-order valence-corrected chi connectivity index (χ2v) is 7.45. The zero-order valence-corrected chi connectivity index (χ0v) is 18.1. The second kappa shape index (κ2) is 8.02. The van der Waals surface area contributed by atoms with Gasteiger partial charge in [0.2, 0.25) is 25.2 Å². The molecule has 0 spiro atoms. The smallest absolute Gasteiger partial charge is 0.294 e. The maximum absolute atomic E-state index is 13.1. The Labute approximate surface area is 196 Å². The third-order valence-electron chi connectivity index (χ3n) is 5.34. The van der Waals surface area contributed by atoms with E-state index in [2.05, 4.69) is 31.2 Å². The molecule has 0 saturated carbocycles. The van der Waals surface area contributed by atoms with Crippen molar-refractivity contribution in [3.63, 3.8) is 0 Å². The molecule has 3 N–H and O–H groups in total. The minimum Gasteiger partial charge on any atom is -0.454 e. The Balaban J connectivity index is 1.35. The van der Waals surface area contributed by atoms with Gasteiger partial charge in [0.15, 0.2) is 28.7 Å². The van der Waals surface area contributed by atoms with Crippen LogP contribution < -0.4 is 30.1 Å². The van der Waals surface area contributed by atoms with E-state index in [1.807, 2.05) is 6.07 Å². The molecule has 0 atom stereocenters. The SMILES string of the molecule is C/C(=N/NC(=O)c1nnn(-c2nonc2N)c1-c1ccc2c(c1)OCO2)c1ccc2c(c1)OCO2. The van der Waals surface area contributed by atoms with Crippen LogP contribution in [0.4, 0.5) is 5.82 Å². The van der Waals surface area contributed by atoms with Crippen LogP contribution in [0, 0.1) is 0 Å². The van der Waals surface area contributed by atoms with Crippen LogP contribution in [0.2, 0.25) is 0 Å². The molecule has 4 heterocycles. The summed E-state index contributed by atoms with van der Waals surface area (Å²) in [5.74, 6) is 1.77. The normalized spacial score (nSPS) is 13.8. The second-order valence-electron chi connectivity index (χ2n) is 7.45. The first-order valence-electron chi connectivity index (χ1n) is 10.3. The molecule has 0 fully saturated rings. The van der Waals surface area contributed by atoms with Gasteiger partial charge < -0.3 is 24.7 Å². The lowest BCUT2D eigenvalue weighted by Gasteiger charge is -2.07. The molecule has 2 aromatic heterocycles. The third kappa shape index (κ3) is 3.52. The van der Waals surface area contributed by atoms with E-state index in [9.17, 15) is 4.79 Å². The summed E-state index contributed by atoms with van der Waals surface area (Å²) in [7, 11) is 0. The zero-order valence-electron chi connectivity index (χ0n) is 18.1. The number of nitrogens with two attached hydrogens (primary N) is 1. The minimum atomic E-state index is -0.612. The van der Waals surface area contributed by atoms with Gasteiger partial charge in [0, 0.05) is 11.1 Å². The average Bonchev–Trinajstić information content (AvgIpc) is 3.67. The predicted octanol–water partition coefficient (Wildman–Crippen LogP) is 1.51. The molecule has 6 rings (SSSR count). The number of fused-ring (bicyclic) bond motifs is 2. The quantitative estimate of drug-likeness (QED) is 0.315. The number of ether oxygens (including phenoxy) is 4. The number of hydrogen-bond donors (Lipinski definition) is 2. The number of nitrogen functional groups attached to an aromatic ring is 1. The largest absolute Gasteiger partial charge is 0.454 e. The highest BCUT2D eigenvalue weighted by Gasteiger charge is 2.27. The number of benzene rings is 2. The molecular formula is C21H16N8O6. The van der Waals surface area contributed by atoms with Gasteiger partial charge in [-0.15, -0.1) is 5.10 Å². The number of nitrogens with one attached hydrogen (secondary N) is 1. The predicted molar refractivity (Wildman–Crippen MR) is 117 cm³/mol. The number of amides is 1. The number of anilines is 1. The molecule has 0 aliphatic carbocycles. The Bertz CT molecular complexity index is 1490. The maximum Gasteiger partial charge on any atom is 0.294 e. The van der Waals surface area contributed by atoms with Crippen molar-refractivity contribution in [3.05, 3.63) is 47.7 Å². The first-order chi connectivity index (χ1) is 17.1. The van der Waals surface area contributed by atoms with Gasteiger partial charge in [0.05, 0.1) is 5.71 Å². The summed E-state index contributed by atoms with van der Waals surface area (Å²) in [5, 5.41) is 19.6. The van der Waals surface area contributed by atoms with Gasteiger partial charge in [-0.2, -0.15) is 9.78 Å². The van der Waals surface area contributed by atoms with Gasteiger partial charge in [-0.25, -0.2) is 10.1 Å². The standard InChI is InChI=1S/C21H16N8O6/c1-10(11-2-4-13-15(6-11)33-8-31-13)23-25-21(30)17-18(12-3-5-14-16(7-12)34-9-32-14)29(28-24-17)20-19(22)26-35-27-20/h2-7H,8-9H2,1H3,(H2,22,26)(H,25,30)/b23-10-. The van der Waals surface area contributed by atoms with E-state index in [0.29, 0.717) is 34.3 Å². The van der Waals surface area contributed by atoms with Crippen molar-refractivity contribution in [3.8, 4) is 40.1 Å². The van der Waals surface area contributed by atoms with Crippen molar-refractivity contribution in [2.45, 2.75) is 6.92 Å². The molecule has 14 nitrogen and oxygen atoms in total. The summed E-state index contributed by atoms with van der Waals surface area (Å²) < 4.78 is 27.5. The highest BCUT2D eigenvalue weighted by Crippen LogP contribution is 2.37. The topological polar surface area (TPSA) is 174 Å². The van der Waals surface area contributed by atoms with Gasteiger partial charge in [-0.1, -0.05) is 5.21 Å². The fourth-order valence-corrected chi connectivity index (χ4v) is 3.60. The molecule has 2 aliphatic rings. The summed E-state index contributed by atoms with van der Waals surface area (Å²) in [4.78, 5) is 13.1. The molecule has 176 valence electrons. The Morgan fingerprint density at radius 2 is 1.71 bits per heavy atom. The lowest BCUT2D eigenvalue weighted by atomic mass is 10.1. The van der Waals surface area contributed by atoms with E-state index in [0.717, 1.165) is 5.56 Å². The van der Waals surface area contributed by atoms with Crippen molar-refractivity contribution in [2.75, 3.05) is 19.3 Å². The Hall–Kier alpha value is -5.14. The molecule has 0 saturated heterocycles. The number of aromatic nitrogens is 5. The fourth-order valence-electron chi connectivity index (χ4n) is 3.60. The zero-order chi connectivity index (χ0) is 23.9. The van der Waals surface area contributed by atoms with Gasteiger partial charge in [0.1, 0.15) is 5.69 Å². The average molecular weight is 476 g/mol. The van der Waals surface area contributed by atoms with Crippen LogP contribution in [-0.2, 0) is 0 Å². The molecule has 1 amide bonds. The number of hydrogen-bond acceptors (Lipinski definition) is 12. The van der Waals surface area contributed by atoms with Crippen molar-refractivity contribution in [1.82, 2.24) is 30.7 Å². The Morgan fingerprint density at radius 1 is 1.00 bits per heavy atom. The van der Waals surface area contributed by atoms with Crippen molar-refractivity contribution >= 4 is 17.4 Å². The lowest BCUT2D eigenvalue weighted by Crippen LogP contribution is -2.21. The summed E-state index contributed by atoms with van der Waals surface area (Å²) >= 11 is 0. The van der Waals surface area contributed by atoms with Gasteiger partial charge >= 0.3 is 0 Å². The highest BCUT2D eigenvalue weighted by atomic mass is 16.7. The van der Waals surface area contributed by atoms with Crippen LogP contribution in [0.25, 0.3) is 17.1 Å². The molecule has 4 aromatic rings. The van der Waals surface area contributed by atoms with Crippen molar-refractivity contribution < 1.29 is 28.4 Å². The molecule has 0 unspecified atom stereocenters. The van der Waals surface area contributed by atoms with Gasteiger partial charge in [-0.05, 0) is 53.6 Å². The van der Waals surface area contributed by atoms with Crippen LogP contribution >= 0.6 is 0 Å². The van der Waals surface area contributed by atoms with Crippen LogP contribution in [0.1, 0.15) is 23.0 Å². The highest BCUT2D eigenvalue weighted by molar-refractivity contribution is 6.02. The number of hydrazone groups is 1. The van der Waals surface area contributed by atoms with Crippen LogP contribution in [0.5, 0.6) is 23.0 Å². The van der Waals surface area contributed by atoms with Gasteiger partial charge in [0.25, 0.3) is 5.91 Å². The molecular weight excluding hydrogens is 460 g/mol. The molecule has 14 heteroatoms. The lowest BCUT2D eigenvalue weighted by molar-refractivity contribution is 0.0950. The van der Waals surface area contributed by atoms with Crippen molar-refractivity contribution in [1.29, 1.82) is 0 Å². The summed E-state index contributed by atoms with van der Waals surface area (Å²) in [6, 6.07) is 10.5. The number of nitrogens with zero attached hydrogens (tertiary/aromatic N) is 6. The number of carbonyl (C=O) groups excluding carboxylic acids is 1. The third-order valence-corrected chi connectivity index (χ3v) is 5.34. The Morgan fingerprint density at radius 3 is 2.46 bits per heavy atom. The number of rotatable bonds is 5.